The number of fused-ring (bicyclic) bond motifs is 1. The maximum absolute atomic E-state index is 12.1. The van der Waals surface area contributed by atoms with Gasteiger partial charge in [0.05, 0.1) is 32.4 Å². The Labute approximate surface area is 184 Å². The molecule has 2 aliphatic rings. The number of nitrogens with zero attached hydrogens (tertiary/aromatic N) is 1. The number of rotatable bonds is 8. The second-order valence-electron chi connectivity index (χ2n) is 7.51. The number of aliphatic hydroxyl groups is 2. The molecule has 10 heteroatoms. The van der Waals surface area contributed by atoms with E-state index in [1.165, 1.54) is 12.2 Å². The van der Waals surface area contributed by atoms with Crippen molar-refractivity contribution in [2.75, 3.05) is 27.1 Å². The third kappa shape index (κ3) is 3.78. The first-order chi connectivity index (χ1) is 15.5. The molecule has 170 valence electrons. The van der Waals surface area contributed by atoms with Crippen molar-refractivity contribution in [3.8, 4) is 28.4 Å². The number of nitrogens with two attached hydrogens (primary N) is 1. The molecule has 0 bridgehead atoms. The Balaban J connectivity index is 1.71. The summed E-state index contributed by atoms with van der Waals surface area (Å²) < 4.78 is 16.5. The van der Waals surface area contributed by atoms with Gasteiger partial charge in [0.2, 0.25) is 12.7 Å². The molecule has 2 aromatic rings. The minimum Gasteiger partial charge on any atom is -0.496 e. The van der Waals surface area contributed by atoms with Crippen LogP contribution in [0.4, 0.5) is 0 Å². The fourth-order valence-corrected chi connectivity index (χ4v) is 4.24. The number of aliphatic hydroxyl groups excluding tert-OH is 2. The van der Waals surface area contributed by atoms with E-state index in [-0.39, 0.29) is 26.6 Å². The summed E-state index contributed by atoms with van der Waals surface area (Å²) in [7, 11) is 1.51. The molecule has 1 saturated heterocycles. The van der Waals surface area contributed by atoms with E-state index in [0.717, 1.165) is 0 Å². The van der Waals surface area contributed by atoms with Gasteiger partial charge in [-0.2, -0.15) is 5.06 Å². The van der Waals surface area contributed by atoms with Crippen LogP contribution in [0.3, 0.4) is 0 Å². The summed E-state index contributed by atoms with van der Waals surface area (Å²) in [4.78, 5) is 29.3. The standard InChI is InChI=1S/C22H24N2O8/c1-29-20-12(7-24-19(22(23)28)16(9-26)18(10-27)32-24)3-2-4-15(20)13-5-14(8-25)21-17(6-13)30-11-31-21/h2-6,8,16,18-19,26-27H,7,9-11H2,1H3,(H2,23,28). The first kappa shape index (κ1) is 22.0. The molecular weight excluding hydrogens is 420 g/mol. The molecule has 32 heavy (non-hydrogen) atoms. The second kappa shape index (κ2) is 9.13. The molecule has 1 fully saturated rings. The van der Waals surface area contributed by atoms with Crippen LogP contribution in [-0.2, 0) is 16.2 Å². The summed E-state index contributed by atoms with van der Waals surface area (Å²) in [6, 6.07) is 7.97. The first-order valence-electron chi connectivity index (χ1n) is 10.0. The number of methoxy groups -OCH3 is 1. The molecule has 3 atom stereocenters. The van der Waals surface area contributed by atoms with E-state index in [0.29, 0.717) is 45.8 Å². The van der Waals surface area contributed by atoms with Gasteiger partial charge in [-0.3, -0.25) is 14.4 Å². The smallest absolute Gasteiger partial charge is 0.237 e. The first-order valence-corrected chi connectivity index (χ1v) is 10.0. The molecule has 4 rings (SSSR count). The monoisotopic (exact) mass is 444 g/mol. The number of primary amides is 1. The Morgan fingerprint density at radius 2 is 2.09 bits per heavy atom. The van der Waals surface area contributed by atoms with Gasteiger partial charge < -0.3 is 30.2 Å². The number of hydroxylamine groups is 2. The highest BCUT2D eigenvalue weighted by Gasteiger charge is 2.46. The van der Waals surface area contributed by atoms with Crippen LogP contribution < -0.4 is 19.9 Å². The molecule has 3 unspecified atom stereocenters. The average molecular weight is 444 g/mol. The van der Waals surface area contributed by atoms with Crippen LogP contribution >= 0.6 is 0 Å². The van der Waals surface area contributed by atoms with E-state index >= 15 is 0 Å². The van der Waals surface area contributed by atoms with Crippen LogP contribution in [0.25, 0.3) is 11.1 Å². The van der Waals surface area contributed by atoms with Gasteiger partial charge in [-0.15, -0.1) is 0 Å². The molecule has 4 N–H and O–H groups in total. The van der Waals surface area contributed by atoms with Gasteiger partial charge in [0.15, 0.2) is 17.8 Å². The van der Waals surface area contributed by atoms with Crippen LogP contribution in [0.15, 0.2) is 30.3 Å². The summed E-state index contributed by atoms with van der Waals surface area (Å²) in [5.41, 5.74) is 7.97. The quantitative estimate of drug-likeness (QED) is 0.496. The van der Waals surface area contributed by atoms with Gasteiger partial charge in [0.25, 0.3) is 0 Å². The van der Waals surface area contributed by atoms with Gasteiger partial charge in [-0.05, 0) is 17.7 Å². The van der Waals surface area contributed by atoms with E-state index in [2.05, 4.69) is 0 Å². The number of amides is 1. The summed E-state index contributed by atoms with van der Waals surface area (Å²) in [5.74, 6) is 0.0456. The predicted molar refractivity (Wildman–Crippen MR) is 111 cm³/mol. The summed E-state index contributed by atoms with van der Waals surface area (Å²) in [6.07, 6.45) is -0.0527. The Morgan fingerprint density at radius 1 is 1.28 bits per heavy atom. The Kier molecular flexibility index (Phi) is 6.28. The molecule has 0 spiro atoms. The third-order valence-corrected chi connectivity index (χ3v) is 5.71. The largest absolute Gasteiger partial charge is 0.496 e. The lowest BCUT2D eigenvalue weighted by Gasteiger charge is -2.23. The van der Waals surface area contributed by atoms with E-state index in [9.17, 15) is 19.8 Å². The number of ether oxygens (including phenoxy) is 3. The van der Waals surface area contributed by atoms with Crippen molar-refractivity contribution in [2.45, 2.75) is 18.7 Å². The van der Waals surface area contributed by atoms with E-state index in [1.807, 2.05) is 6.07 Å². The van der Waals surface area contributed by atoms with E-state index in [1.54, 1.807) is 24.3 Å². The summed E-state index contributed by atoms with van der Waals surface area (Å²) >= 11 is 0. The lowest BCUT2D eigenvalue weighted by Crippen LogP contribution is -2.44. The molecule has 0 aliphatic carbocycles. The number of hydrogen-bond acceptors (Lipinski definition) is 9. The van der Waals surface area contributed by atoms with Crippen molar-refractivity contribution in [1.29, 1.82) is 0 Å². The minimum atomic E-state index is -0.919. The van der Waals surface area contributed by atoms with Crippen molar-refractivity contribution < 1.29 is 38.9 Å². The van der Waals surface area contributed by atoms with Crippen LogP contribution in [0.2, 0.25) is 0 Å². The minimum absolute atomic E-state index is 0.0374. The fraction of sp³-hybridized carbons (Fsp3) is 0.364. The van der Waals surface area contributed by atoms with Crippen molar-refractivity contribution >= 4 is 12.2 Å². The highest BCUT2D eigenvalue weighted by molar-refractivity contribution is 5.87. The van der Waals surface area contributed by atoms with E-state index in [4.69, 9.17) is 24.8 Å². The Hall–Kier alpha value is -3.18. The lowest BCUT2D eigenvalue weighted by atomic mass is 9.95. The molecule has 0 aromatic heterocycles. The van der Waals surface area contributed by atoms with Gasteiger partial charge in [0.1, 0.15) is 17.9 Å². The highest BCUT2D eigenvalue weighted by atomic mass is 16.7. The number of carbonyl (C=O) groups is 2. The van der Waals surface area contributed by atoms with Gasteiger partial charge in [-0.25, -0.2) is 0 Å². The van der Waals surface area contributed by atoms with Crippen LogP contribution in [0.1, 0.15) is 15.9 Å². The molecule has 2 aromatic carbocycles. The van der Waals surface area contributed by atoms with Crippen LogP contribution in [-0.4, -0.2) is 66.7 Å². The number of carbonyl (C=O) groups excluding carboxylic acids is 2. The topological polar surface area (TPSA) is 141 Å². The molecule has 2 aliphatic heterocycles. The van der Waals surface area contributed by atoms with Crippen molar-refractivity contribution in [2.24, 2.45) is 11.7 Å². The zero-order valence-electron chi connectivity index (χ0n) is 17.4. The van der Waals surface area contributed by atoms with E-state index < -0.39 is 24.0 Å². The summed E-state index contributed by atoms with van der Waals surface area (Å²) in [6.45, 7) is -0.578. The zero-order valence-corrected chi connectivity index (χ0v) is 17.4. The second-order valence-corrected chi connectivity index (χ2v) is 7.51. The lowest BCUT2D eigenvalue weighted by molar-refractivity contribution is -0.180. The molecular formula is C22H24N2O8. The van der Waals surface area contributed by atoms with Crippen LogP contribution in [0, 0.1) is 5.92 Å². The fourth-order valence-electron chi connectivity index (χ4n) is 4.24. The zero-order chi connectivity index (χ0) is 22.8. The number of hydrogen-bond donors (Lipinski definition) is 3. The number of benzene rings is 2. The van der Waals surface area contributed by atoms with Crippen molar-refractivity contribution in [3.63, 3.8) is 0 Å². The molecule has 0 radical (unpaired) electrons. The van der Waals surface area contributed by atoms with Gasteiger partial charge in [0, 0.05) is 17.0 Å². The molecule has 10 nitrogen and oxygen atoms in total. The Morgan fingerprint density at radius 3 is 2.75 bits per heavy atom. The highest BCUT2D eigenvalue weighted by Crippen LogP contribution is 2.42. The summed E-state index contributed by atoms with van der Waals surface area (Å²) in [5, 5.41) is 20.6. The van der Waals surface area contributed by atoms with Crippen LogP contribution in [0.5, 0.6) is 17.2 Å². The molecule has 0 saturated carbocycles. The predicted octanol–water partition coefficient (Wildman–Crippen LogP) is 0.474. The average Bonchev–Trinajstić information content (AvgIpc) is 3.42. The van der Waals surface area contributed by atoms with Gasteiger partial charge >= 0.3 is 0 Å². The molecule has 2 heterocycles. The SMILES string of the molecule is COc1c(CN2OC(CO)C(CO)C2C(N)=O)cccc1-c1cc(C=O)c2c(c1)OCO2. The number of aldehydes is 1. The maximum Gasteiger partial charge on any atom is 0.237 e. The third-order valence-electron chi connectivity index (χ3n) is 5.71. The van der Waals surface area contributed by atoms with Gasteiger partial charge in [-0.1, -0.05) is 18.2 Å². The van der Waals surface area contributed by atoms with Crippen molar-refractivity contribution in [1.82, 2.24) is 5.06 Å². The maximum atomic E-state index is 12.1. The molecule has 1 amide bonds. The Bertz CT molecular complexity index is 1030. The van der Waals surface area contributed by atoms with Crippen molar-refractivity contribution in [3.05, 3.63) is 41.5 Å². The number of para-hydroxylation sites is 1. The normalized spacial score (nSPS) is 22.2.